The van der Waals surface area contributed by atoms with Crippen molar-refractivity contribution in [2.24, 2.45) is 10.9 Å². The van der Waals surface area contributed by atoms with Crippen molar-refractivity contribution in [3.63, 3.8) is 0 Å². The van der Waals surface area contributed by atoms with E-state index in [0.29, 0.717) is 28.9 Å². The van der Waals surface area contributed by atoms with Crippen molar-refractivity contribution in [1.82, 2.24) is 10.6 Å². The number of amides is 1. The Morgan fingerprint density at radius 2 is 1.91 bits per heavy atom. The first kappa shape index (κ1) is 24.2. The van der Waals surface area contributed by atoms with Crippen LogP contribution < -0.4 is 20.1 Å². The number of ether oxygens (including phenoxy) is 3. The van der Waals surface area contributed by atoms with E-state index in [-0.39, 0.29) is 25.1 Å². The lowest BCUT2D eigenvalue weighted by Gasteiger charge is -2.31. The van der Waals surface area contributed by atoms with Gasteiger partial charge in [-0.2, -0.15) is 0 Å². The van der Waals surface area contributed by atoms with Crippen LogP contribution in [0.2, 0.25) is 0 Å². The monoisotopic (exact) mass is 469 g/mol. The molecule has 0 spiro atoms. The summed E-state index contributed by atoms with van der Waals surface area (Å²) in [6.07, 6.45) is 0. The van der Waals surface area contributed by atoms with Gasteiger partial charge in [0, 0.05) is 12.3 Å². The van der Waals surface area contributed by atoms with Gasteiger partial charge in [0.2, 0.25) is 0 Å². The highest BCUT2D eigenvalue weighted by Gasteiger charge is 2.37. The van der Waals surface area contributed by atoms with E-state index in [4.69, 9.17) is 26.4 Å². The molecule has 3 rings (SSSR count). The summed E-state index contributed by atoms with van der Waals surface area (Å²) < 4.78 is 16.4. The summed E-state index contributed by atoms with van der Waals surface area (Å²) in [5.41, 5.74) is 2.33. The minimum absolute atomic E-state index is 0.161. The Balaban J connectivity index is 1.70. The lowest BCUT2D eigenvalue weighted by molar-refractivity contribution is -0.146. The molecule has 2 aromatic carbocycles. The molecule has 0 radical (unpaired) electrons. The second-order valence-corrected chi connectivity index (χ2v) is 7.76. The molecular formula is C24H27N3O5S. The van der Waals surface area contributed by atoms with Gasteiger partial charge >= 0.3 is 5.97 Å². The maximum atomic E-state index is 12.6. The van der Waals surface area contributed by atoms with E-state index < -0.39 is 12.0 Å². The van der Waals surface area contributed by atoms with Gasteiger partial charge in [-0.1, -0.05) is 36.4 Å². The van der Waals surface area contributed by atoms with Crippen LogP contribution in [0, 0.1) is 5.92 Å². The molecule has 0 saturated carbocycles. The van der Waals surface area contributed by atoms with E-state index in [2.05, 4.69) is 15.6 Å². The Hall–Kier alpha value is -3.46. The zero-order chi connectivity index (χ0) is 23.8. The first-order chi connectivity index (χ1) is 15.9. The van der Waals surface area contributed by atoms with Crippen molar-refractivity contribution in [3.8, 4) is 11.5 Å². The number of esters is 1. The molecule has 0 bridgehead atoms. The van der Waals surface area contributed by atoms with E-state index in [0.717, 1.165) is 11.1 Å². The quantitative estimate of drug-likeness (QED) is 0.430. The summed E-state index contributed by atoms with van der Waals surface area (Å²) in [5.74, 6) is -0.421. The average Bonchev–Trinajstić information content (AvgIpc) is 2.81. The van der Waals surface area contributed by atoms with Crippen molar-refractivity contribution in [3.05, 3.63) is 59.7 Å². The van der Waals surface area contributed by atoms with E-state index in [1.807, 2.05) is 30.3 Å². The second kappa shape index (κ2) is 11.4. The highest BCUT2D eigenvalue weighted by molar-refractivity contribution is 7.80. The van der Waals surface area contributed by atoms with Crippen molar-refractivity contribution in [2.45, 2.75) is 26.4 Å². The van der Waals surface area contributed by atoms with E-state index in [1.54, 1.807) is 32.0 Å². The van der Waals surface area contributed by atoms with Crippen molar-refractivity contribution in [2.75, 3.05) is 20.3 Å². The number of hydrogen-bond acceptors (Lipinski definition) is 6. The molecule has 2 N–H and O–H groups in total. The number of benzene rings is 2. The summed E-state index contributed by atoms with van der Waals surface area (Å²) >= 11 is 5.23. The third kappa shape index (κ3) is 6.29. The van der Waals surface area contributed by atoms with Gasteiger partial charge in [-0.05, 0) is 49.3 Å². The Labute approximate surface area is 198 Å². The fourth-order valence-electron chi connectivity index (χ4n) is 3.52. The van der Waals surface area contributed by atoms with Crippen LogP contribution in [0.15, 0.2) is 53.5 Å². The number of thiocarbonyl (C=S) groups is 1. The normalized spacial score (nSPS) is 17.4. The Kier molecular flexibility index (Phi) is 8.37. The van der Waals surface area contributed by atoms with Gasteiger partial charge in [-0.25, -0.2) is 4.99 Å². The molecule has 2 unspecified atom stereocenters. The van der Waals surface area contributed by atoms with Gasteiger partial charge in [-0.15, -0.1) is 0 Å². The second-order valence-electron chi connectivity index (χ2n) is 7.37. The first-order valence-corrected chi connectivity index (χ1v) is 11.0. The van der Waals surface area contributed by atoms with Gasteiger partial charge in [0.15, 0.2) is 23.2 Å². The molecule has 2 aromatic rings. The van der Waals surface area contributed by atoms with Crippen molar-refractivity contribution in [1.29, 1.82) is 0 Å². The maximum absolute atomic E-state index is 12.6. The van der Waals surface area contributed by atoms with Crippen LogP contribution in [0.5, 0.6) is 11.5 Å². The number of aliphatic imine (C=N–C) groups is 1. The van der Waals surface area contributed by atoms with Crippen LogP contribution in [-0.4, -0.2) is 43.0 Å². The van der Waals surface area contributed by atoms with Gasteiger partial charge in [0.05, 0.1) is 19.8 Å². The van der Waals surface area contributed by atoms with Gasteiger partial charge in [0.25, 0.3) is 5.91 Å². The number of hydrogen-bond donors (Lipinski definition) is 2. The zero-order valence-corrected chi connectivity index (χ0v) is 19.6. The third-order valence-corrected chi connectivity index (χ3v) is 5.33. The Morgan fingerprint density at radius 3 is 2.61 bits per heavy atom. The summed E-state index contributed by atoms with van der Waals surface area (Å²) in [6.45, 7) is 4.03. The molecule has 0 aliphatic carbocycles. The van der Waals surface area contributed by atoms with Crippen LogP contribution in [0.3, 0.4) is 0 Å². The van der Waals surface area contributed by atoms with Gasteiger partial charge in [-0.3, -0.25) is 9.59 Å². The van der Waals surface area contributed by atoms with Crippen LogP contribution in [0.25, 0.3) is 0 Å². The molecule has 0 fully saturated rings. The number of nitrogens with one attached hydrogen (secondary N) is 2. The summed E-state index contributed by atoms with van der Waals surface area (Å²) in [5, 5.41) is 6.20. The minimum Gasteiger partial charge on any atom is -0.493 e. The predicted octanol–water partition coefficient (Wildman–Crippen LogP) is 2.96. The molecular weight excluding hydrogens is 442 g/mol. The summed E-state index contributed by atoms with van der Waals surface area (Å²) in [4.78, 5) is 29.0. The predicted molar refractivity (Wildman–Crippen MR) is 128 cm³/mol. The first-order valence-electron chi connectivity index (χ1n) is 10.6. The topological polar surface area (TPSA) is 98.3 Å². The molecule has 1 aliphatic heterocycles. The number of carbonyl (C=O) groups is 2. The number of rotatable bonds is 9. The molecule has 8 nitrogen and oxygen atoms in total. The highest BCUT2D eigenvalue weighted by atomic mass is 32.1. The van der Waals surface area contributed by atoms with E-state index >= 15 is 0 Å². The molecule has 1 heterocycles. The number of nitrogens with zero attached hydrogens (tertiary/aromatic N) is 1. The molecule has 33 heavy (non-hydrogen) atoms. The smallest absolute Gasteiger partial charge is 0.317 e. The SMILES string of the molecule is CCOC(=O)C1C(C)=NC(=S)NC1c1ccc(OCC(=O)NCc2ccccc2)c(OC)c1. The standard InChI is InChI=1S/C24H27N3O5S/c1-4-31-23(29)21-15(2)26-24(33)27-22(21)17-10-11-18(19(12-17)30-3)32-14-20(28)25-13-16-8-6-5-7-9-16/h5-12,21-22H,4,13-14H2,1-3H3,(H,25,28)(H,27,33). The van der Waals surface area contributed by atoms with Crippen LogP contribution in [0.4, 0.5) is 0 Å². The van der Waals surface area contributed by atoms with Crippen molar-refractivity contribution >= 4 is 34.9 Å². The Bertz CT molecular complexity index is 1040. The third-order valence-electron chi connectivity index (χ3n) is 5.12. The zero-order valence-electron chi connectivity index (χ0n) is 18.8. The molecule has 174 valence electrons. The van der Waals surface area contributed by atoms with E-state index in [1.165, 1.54) is 7.11 Å². The average molecular weight is 470 g/mol. The lowest BCUT2D eigenvalue weighted by atomic mass is 9.88. The van der Waals surface area contributed by atoms with Crippen LogP contribution >= 0.6 is 12.2 Å². The van der Waals surface area contributed by atoms with Crippen LogP contribution in [-0.2, 0) is 20.9 Å². The van der Waals surface area contributed by atoms with Gasteiger partial charge < -0.3 is 24.8 Å². The minimum atomic E-state index is -0.628. The van der Waals surface area contributed by atoms with E-state index in [9.17, 15) is 9.59 Å². The fraction of sp³-hybridized carbons (Fsp3) is 0.333. The molecule has 0 saturated heterocycles. The van der Waals surface area contributed by atoms with Gasteiger partial charge in [0.1, 0.15) is 5.92 Å². The number of carbonyl (C=O) groups excluding carboxylic acids is 2. The largest absolute Gasteiger partial charge is 0.493 e. The number of methoxy groups -OCH3 is 1. The lowest BCUT2D eigenvalue weighted by Crippen LogP contribution is -2.44. The molecule has 0 aromatic heterocycles. The summed E-state index contributed by atoms with van der Waals surface area (Å²) in [7, 11) is 1.51. The Morgan fingerprint density at radius 1 is 1.15 bits per heavy atom. The molecule has 1 aliphatic rings. The van der Waals surface area contributed by atoms with Crippen molar-refractivity contribution < 1.29 is 23.8 Å². The molecule has 9 heteroatoms. The molecule has 2 atom stereocenters. The van der Waals surface area contributed by atoms with Crippen LogP contribution in [0.1, 0.15) is 31.0 Å². The molecule has 1 amide bonds. The maximum Gasteiger partial charge on any atom is 0.317 e. The fourth-order valence-corrected chi connectivity index (χ4v) is 3.79. The highest BCUT2D eigenvalue weighted by Crippen LogP contribution is 2.34. The summed E-state index contributed by atoms with van der Waals surface area (Å²) in [6, 6.07) is 14.4.